The summed E-state index contributed by atoms with van der Waals surface area (Å²) in [5, 5.41) is 2.66. The number of Topliss-reactive ketones (excluding diaryl/α,β-unsaturated/α-hetero) is 1. The normalized spacial score (nSPS) is 18.6. The number of ether oxygens (including phenoxy) is 1. The topological polar surface area (TPSA) is 92.8 Å². The fraction of sp³-hybridized carbons (Fsp3) is 0.524. The number of fused-ring (bicyclic) bond motifs is 1. The zero-order valence-electron chi connectivity index (χ0n) is 16.5. The molecule has 1 atom stereocenters. The number of urea groups is 1. The molecule has 0 aromatic heterocycles. The first-order valence-electron chi connectivity index (χ1n) is 9.81. The lowest BCUT2D eigenvalue weighted by molar-refractivity contribution is -0.150. The van der Waals surface area contributed by atoms with Gasteiger partial charge >= 0.3 is 12.0 Å². The summed E-state index contributed by atoms with van der Waals surface area (Å²) in [4.78, 5) is 50.4. The van der Waals surface area contributed by atoms with Crippen molar-refractivity contribution in [3.8, 4) is 0 Å². The second-order valence-corrected chi connectivity index (χ2v) is 7.44. The summed E-state index contributed by atoms with van der Waals surface area (Å²) in [6, 6.07) is 4.96. The third-order valence-electron chi connectivity index (χ3n) is 5.80. The van der Waals surface area contributed by atoms with E-state index in [-0.39, 0.29) is 5.78 Å². The Balaban J connectivity index is 1.62. The van der Waals surface area contributed by atoms with E-state index in [4.69, 9.17) is 4.74 Å². The molecule has 7 nitrogen and oxygen atoms in total. The molecule has 28 heavy (non-hydrogen) atoms. The van der Waals surface area contributed by atoms with Gasteiger partial charge in [0, 0.05) is 5.56 Å². The molecule has 0 radical (unpaired) electrons. The fourth-order valence-corrected chi connectivity index (χ4v) is 3.93. The number of esters is 1. The minimum Gasteiger partial charge on any atom is -0.453 e. The fourth-order valence-electron chi connectivity index (χ4n) is 3.93. The largest absolute Gasteiger partial charge is 0.453 e. The average molecular weight is 386 g/mol. The molecule has 150 valence electrons. The molecule has 1 aromatic rings. The number of carbonyl (C=O) groups excluding carboxylic acids is 4. The second-order valence-electron chi connectivity index (χ2n) is 7.44. The van der Waals surface area contributed by atoms with Crippen LogP contribution in [0.5, 0.6) is 0 Å². The zero-order valence-corrected chi connectivity index (χ0v) is 16.5. The van der Waals surface area contributed by atoms with Crippen molar-refractivity contribution in [1.29, 1.82) is 0 Å². The Kier molecular flexibility index (Phi) is 5.54. The highest BCUT2D eigenvalue weighted by Crippen LogP contribution is 2.25. The van der Waals surface area contributed by atoms with E-state index in [0.717, 1.165) is 24.2 Å². The second kappa shape index (κ2) is 7.73. The molecule has 1 N–H and O–H groups in total. The monoisotopic (exact) mass is 386 g/mol. The molecule has 3 rings (SSSR count). The summed E-state index contributed by atoms with van der Waals surface area (Å²) in [7, 11) is 0. The lowest BCUT2D eigenvalue weighted by Gasteiger charge is -2.23. The summed E-state index contributed by atoms with van der Waals surface area (Å²) in [6.07, 6.45) is 2.94. The molecular weight excluding hydrogens is 360 g/mol. The van der Waals surface area contributed by atoms with Crippen molar-refractivity contribution in [3.63, 3.8) is 0 Å². The predicted octanol–water partition coefficient (Wildman–Crippen LogP) is 2.40. The van der Waals surface area contributed by atoms with E-state index in [0.29, 0.717) is 18.4 Å². The summed E-state index contributed by atoms with van der Waals surface area (Å²) >= 11 is 0. The molecular formula is C21H26N2O5. The molecule has 3 amide bonds. The van der Waals surface area contributed by atoms with Gasteiger partial charge in [-0.25, -0.2) is 4.79 Å². The smallest absolute Gasteiger partial charge is 0.326 e. The molecule has 7 heteroatoms. The molecule has 0 bridgehead atoms. The molecule has 1 aromatic carbocycles. The maximum absolute atomic E-state index is 12.6. The Hall–Kier alpha value is -2.70. The van der Waals surface area contributed by atoms with Crippen LogP contribution in [0.2, 0.25) is 0 Å². The van der Waals surface area contributed by atoms with Crippen molar-refractivity contribution in [2.45, 2.75) is 64.5 Å². The van der Waals surface area contributed by atoms with Gasteiger partial charge in [-0.1, -0.05) is 26.0 Å². The molecule has 0 saturated carbocycles. The van der Waals surface area contributed by atoms with Crippen molar-refractivity contribution in [2.24, 2.45) is 0 Å². The quantitative estimate of drug-likeness (QED) is 0.441. The number of amides is 3. The van der Waals surface area contributed by atoms with E-state index in [1.54, 1.807) is 19.9 Å². The van der Waals surface area contributed by atoms with Crippen molar-refractivity contribution >= 4 is 23.7 Å². The number of hydrogen-bond acceptors (Lipinski definition) is 5. The van der Waals surface area contributed by atoms with E-state index >= 15 is 0 Å². The van der Waals surface area contributed by atoms with Gasteiger partial charge in [0.05, 0.1) is 0 Å². The first-order chi connectivity index (χ1) is 13.3. The van der Waals surface area contributed by atoms with Crippen molar-refractivity contribution in [1.82, 2.24) is 10.2 Å². The van der Waals surface area contributed by atoms with Gasteiger partial charge in [0.2, 0.25) is 5.78 Å². The van der Waals surface area contributed by atoms with E-state index in [1.165, 1.54) is 18.1 Å². The Labute approximate surface area is 164 Å². The van der Waals surface area contributed by atoms with Crippen LogP contribution in [0.3, 0.4) is 0 Å². The van der Waals surface area contributed by atoms with Crippen LogP contribution in [-0.2, 0) is 27.2 Å². The number of rotatable bonds is 7. The predicted molar refractivity (Wildman–Crippen MR) is 102 cm³/mol. The van der Waals surface area contributed by atoms with Crippen LogP contribution in [0.4, 0.5) is 4.79 Å². The van der Waals surface area contributed by atoms with Gasteiger partial charge in [0.1, 0.15) is 12.1 Å². The third-order valence-corrected chi connectivity index (χ3v) is 5.80. The highest BCUT2D eigenvalue weighted by atomic mass is 16.5. The number of carbonyl (C=O) groups is 4. The average Bonchev–Trinajstić information content (AvgIpc) is 3.24. The van der Waals surface area contributed by atoms with Gasteiger partial charge in [0.25, 0.3) is 5.91 Å². The highest BCUT2D eigenvalue weighted by Gasteiger charge is 2.49. The van der Waals surface area contributed by atoms with Crippen LogP contribution < -0.4 is 5.32 Å². The lowest BCUT2D eigenvalue weighted by Crippen LogP contribution is -2.46. The molecule has 0 spiro atoms. The summed E-state index contributed by atoms with van der Waals surface area (Å²) in [5.74, 6) is -1.51. The van der Waals surface area contributed by atoms with Crippen molar-refractivity contribution in [2.75, 3.05) is 6.54 Å². The highest BCUT2D eigenvalue weighted by molar-refractivity contribution is 6.09. The Morgan fingerprint density at radius 3 is 2.50 bits per heavy atom. The number of imide groups is 1. The van der Waals surface area contributed by atoms with E-state index < -0.39 is 36.1 Å². The Morgan fingerprint density at radius 2 is 1.86 bits per heavy atom. The summed E-state index contributed by atoms with van der Waals surface area (Å²) in [5.41, 5.74) is 1.96. The number of nitrogens with one attached hydrogen (secondary N) is 1. The SMILES string of the molecule is CCC1(CC)NC(=O)N(CC(=O)O[C@H](C)C(=O)c2ccc3c(c2)CCC3)C1=O. The van der Waals surface area contributed by atoms with Gasteiger partial charge in [-0.3, -0.25) is 19.3 Å². The lowest BCUT2D eigenvalue weighted by atomic mass is 9.93. The minimum atomic E-state index is -0.991. The third kappa shape index (κ3) is 3.53. The number of ketones is 1. The minimum absolute atomic E-state index is 0.295. The number of hydrogen-bond donors (Lipinski definition) is 1. The Bertz CT molecular complexity index is 828. The van der Waals surface area contributed by atoms with Crippen LogP contribution in [0.1, 0.15) is 61.5 Å². The van der Waals surface area contributed by atoms with Gasteiger partial charge in [-0.15, -0.1) is 0 Å². The van der Waals surface area contributed by atoms with E-state index in [9.17, 15) is 19.2 Å². The van der Waals surface area contributed by atoms with Crippen LogP contribution in [-0.4, -0.2) is 46.8 Å². The zero-order chi connectivity index (χ0) is 20.5. The molecule has 1 saturated heterocycles. The molecule has 1 fully saturated rings. The van der Waals surface area contributed by atoms with Crippen molar-refractivity contribution < 1.29 is 23.9 Å². The van der Waals surface area contributed by atoms with Gasteiger partial charge in [0.15, 0.2) is 6.10 Å². The summed E-state index contributed by atoms with van der Waals surface area (Å²) < 4.78 is 5.22. The van der Waals surface area contributed by atoms with E-state index in [1.807, 2.05) is 12.1 Å². The molecule has 1 heterocycles. The van der Waals surface area contributed by atoms with Crippen LogP contribution in [0, 0.1) is 0 Å². The van der Waals surface area contributed by atoms with Crippen LogP contribution >= 0.6 is 0 Å². The maximum atomic E-state index is 12.6. The van der Waals surface area contributed by atoms with Gasteiger partial charge < -0.3 is 10.1 Å². The van der Waals surface area contributed by atoms with Gasteiger partial charge in [-0.05, 0) is 56.2 Å². The molecule has 0 unspecified atom stereocenters. The maximum Gasteiger partial charge on any atom is 0.326 e. The standard InChI is InChI=1S/C21H26N2O5/c1-4-21(5-2)19(26)23(20(27)22-21)12-17(24)28-13(3)18(25)16-10-9-14-7-6-8-15(14)11-16/h9-11,13H,4-8,12H2,1-3H3,(H,22,27)/t13-/m1/s1. The summed E-state index contributed by atoms with van der Waals surface area (Å²) in [6.45, 7) is 4.61. The van der Waals surface area contributed by atoms with Crippen molar-refractivity contribution in [3.05, 3.63) is 34.9 Å². The first-order valence-corrected chi connectivity index (χ1v) is 9.81. The van der Waals surface area contributed by atoms with Crippen LogP contribution in [0.15, 0.2) is 18.2 Å². The number of benzene rings is 1. The molecule has 1 aliphatic heterocycles. The first kappa shape index (κ1) is 20.0. The number of nitrogens with zero attached hydrogens (tertiary/aromatic N) is 1. The van der Waals surface area contributed by atoms with Crippen LogP contribution in [0.25, 0.3) is 0 Å². The van der Waals surface area contributed by atoms with E-state index in [2.05, 4.69) is 5.32 Å². The van der Waals surface area contributed by atoms with Gasteiger partial charge in [-0.2, -0.15) is 0 Å². The number of aryl methyl sites for hydroxylation is 2. The molecule has 2 aliphatic rings. The Morgan fingerprint density at radius 1 is 1.18 bits per heavy atom. The molecule has 1 aliphatic carbocycles.